The molecule has 136 valence electrons. The summed E-state index contributed by atoms with van der Waals surface area (Å²) in [5, 5.41) is 2.68. The quantitative estimate of drug-likeness (QED) is 0.794. The van der Waals surface area contributed by atoms with Gasteiger partial charge in [-0.3, -0.25) is 19.4 Å². The van der Waals surface area contributed by atoms with Crippen molar-refractivity contribution < 1.29 is 18.8 Å². The number of carbonyl (C=O) groups is 3. The number of rotatable bonds is 5. The van der Waals surface area contributed by atoms with Gasteiger partial charge in [-0.25, -0.2) is 4.79 Å². The molecule has 1 aromatic heterocycles. The van der Waals surface area contributed by atoms with Gasteiger partial charge >= 0.3 is 6.03 Å². The minimum atomic E-state index is -0.811. The van der Waals surface area contributed by atoms with Crippen LogP contribution >= 0.6 is 0 Å². The maximum atomic E-state index is 12.2. The summed E-state index contributed by atoms with van der Waals surface area (Å²) in [5.41, 5.74) is -0.811. The third-order valence-corrected chi connectivity index (χ3v) is 4.69. The smallest absolute Gasteiger partial charge is 0.325 e. The Kier molecular flexibility index (Phi) is 4.80. The summed E-state index contributed by atoms with van der Waals surface area (Å²) in [6.45, 7) is 7.48. The van der Waals surface area contributed by atoms with Gasteiger partial charge in [0.05, 0.1) is 6.26 Å². The SMILES string of the molecule is CC1(C)NC(=O)N(CCCN2CCN(C(=O)c3ccco3)CC2)C1=O. The first kappa shape index (κ1) is 17.5. The van der Waals surface area contributed by atoms with Crippen molar-refractivity contribution in [2.75, 3.05) is 39.3 Å². The minimum Gasteiger partial charge on any atom is -0.459 e. The summed E-state index contributed by atoms with van der Waals surface area (Å²) < 4.78 is 5.15. The number of piperazine rings is 1. The van der Waals surface area contributed by atoms with Crippen LogP contribution in [-0.4, -0.2) is 77.4 Å². The van der Waals surface area contributed by atoms with Crippen molar-refractivity contribution >= 4 is 17.8 Å². The minimum absolute atomic E-state index is 0.0776. The second-order valence-corrected chi connectivity index (χ2v) is 6.98. The van der Waals surface area contributed by atoms with Gasteiger partial charge in [-0.2, -0.15) is 0 Å². The zero-order valence-corrected chi connectivity index (χ0v) is 14.7. The molecule has 0 aromatic carbocycles. The Bertz CT molecular complexity index is 648. The highest BCUT2D eigenvalue weighted by Gasteiger charge is 2.43. The zero-order valence-electron chi connectivity index (χ0n) is 14.7. The Balaban J connectivity index is 1.41. The molecule has 2 saturated heterocycles. The van der Waals surface area contributed by atoms with Crippen LogP contribution in [0.4, 0.5) is 4.79 Å². The van der Waals surface area contributed by atoms with E-state index in [0.717, 1.165) is 26.1 Å². The second kappa shape index (κ2) is 6.87. The van der Waals surface area contributed by atoms with E-state index in [1.807, 2.05) is 0 Å². The van der Waals surface area contributed by atoms with Gasteiger partial charge in [0.25, 0.3) is 11.8 Å². The molecule has 0 radical (unpaired) electrons. The summed E-state index contributed by atoms with van der Waals surface area (Å²) in [5.74, 6) is 0.118. The lowest BCUT2D eigenvalue weighted by Crippen LogP contribution is -2.49. The van der Waals surface area contributed by atoms with Crippen LogP contribution in [0.2, 0.25) is 0 Å². The van der Waals surface area contributed by atoms with Gasteiger partial charge < -0.3 is 14.6 Å². The topological polar surface area (TPSA) is 86.1 Å². The second-order valence-electron chi connectivity index (χ2n) is 6.98. The van der Waals surface area contributed by atoms with Crippen molar-refractivity contribution in [1.82, 2.24) is 20.0 Å². The summed E-state index contributed by atoms with van der Waals surface area (Å²) >= 11 is 0. The molecule has 2 aliphatic rings. The first-order valence-corrected chi connectivity index (χ1v) is 8.58. The number of furan rings is 1. The molecule has 4 amide bonds. The molecule has 1 aromatic rings. The standard InChI is InChI=1S/C17H24N4O4/c1-17(2)15(23)21(16(24)18-17)7-4-6-19-8-10-20(11-9-19)14(22)13-5-3-12-25-13/h3,5,12H,4,6-11H2,1-2H3,(H,18,24). The van der Waals surface area contributed by atoms with E-state index in [0.29, 0.717) is 25.4 Å². The lowest BCUT2D eigenvalue weighted by molar-refractivity contribution is -0.130. The highest BCUT2D eigenvalue weighted by Crippen LogP contribution is 2.17. The molecule has 8 nitrogen and oxygen atoms in total. The first-order valence-electron chi connectivity index (χ1n) is 8.58. The van der Waals surface area contributed by atoms with Crippen LogP contribution in [0.1, 0.15) is 30.8 Å². The number of urea groups is 1. The van der Waals surface area contributed by atoms with Crippen molar-refractivity contribution in [3.05, 3.63) is 24.2 Å². The van der Waals surface area contributed by atoms with Crippen molar-refractivity contribution in [2.24, 2.45) is 0 Å². The van der Waals surface area contributed by atoms with Gasteiger partial charge in [0.2, 0.25) is 0 Å². The number of hydrogen-bond acceptors (Lipinski definition) is 5. The number of imide groups is 1. The van der Waals surface area contributed by atoms with Crippen molar-refractivity contribution in [1.29, 1.82) is 0 Å². The normalized spacial score (nSPS) is 20.9. The predicted molar refractivity (Wildman–Crippen MR) is 90.0 cm³/mol. The Morgan fingerprint density at radius 2 is 1.92 bits per heavy atom. The first-order chi connectivity index (χ1) is 11.9. The fraction of sp³-hybridized carbons (Fsp3) is 0.588. The Labute approximate surface area is 146 Å². The van der Waals surface area contributed by atoms with Crippen LogP contribution in [0.5, 0.6) is 0 Å². The fourth-order valence-corrected chi connectivity index (χ4v) is 3.20. The molecule has 2 fully saturated rings. The Morgan fingerprint density at radius 1 is 1.20 bits per heavy atom. The molecule has 0 atom stereocenters. The Hall–Kier alpha value is -2.35. The number of nitrogens with one attached hydrogen (secondary N) is 1. The summed E-state index contributed by atoms with van der Waals surface area (Å²) in [7, 11) is 0. The molecule has 8 heteroatoms. The van der Waals surface area contributed by atoms with Crippen LogP contribution < -0.4 is 5.32 Å². The van der Waals surface area contributed by atoms with Crippen LogP contribution in [0, 0.1) is 0 Å². The molecular formula is C17H24N4O4. The number of nitrogens with zero attached hydrogens (tertiary/aromatic N) is 3. The van der Waals surface area contributed by atoms with Crippen molar-refractivity contribution in [3.8, 4) is 0 Å². The fourth-order valence-electron chi connectivity index (χ4n) is 3.20. The molecule has 3 heterocycles. The van der Waals surface area contributed by atoms with Gasteiger partial charge in [-0.1, -0.05) is 0 Å². The molecule has 0 unspecified atom stereocenters. The molecular weight excluding hydrogens is 324 g/mol. The maximum Gasteiger partial charge on any atom is 0.325 e. The molecule has 0 saturated carbocycles. The molecule has 0 spiro atoms. The molecule has 25 heavy (non-hydrogen) atoms. The third kappa shape index (κ3) is 3.68. The largest absolute Gasteiger partial charge is 0.459 e. The van der Waals surface area contributed by atoms with E-state index in [2.05, 4.69) is 10.2 Å². The maximum absolute atomic E-state index is 12.2. The van der Waals surface area contributed by atoms with E-state index in [1.165, 1.54) is 11.2 Å². The predicted octanol–water partition coefficient (Wildman–Crippen LogP) is 0.758. The van der Waals surface area contributed by atoms with Crippen molar-refractivity contribution in [2.45, 2.75) is 25.8 Å². The molecule has 2 aliphatic heterocycles. The van der Waals surface area contributed by atoms with E-state index in [-0.39, 0.29) is 17.8 Å². The molecule has 3 rings (SSSR count). The van der Waals surface area contributed by atoms with Crippen LogP contribution in [-0.2, 0) is 4.79 Å². The van der Waals surface area contributed by atoms with E-state index in [9.17, 15) is 14.4 Å². The van der Waals surface area contributed by atoms with Gasteiger partial charge in [-0.05, 0) is 38.9 Å². The number of amides is 4. The summed E-state index contributed by atoms with van der Waals surface area (Å²) in [6.07, 6.45) is 2.22. The summed E-state index contributed by atoms with van der Waals surface area (Å²) in [6, 6.07) is 3.07. The highest BCUT2D eigenvalue weighted by molar-refractivity contribution is 6.06. The van der Waals surface area contributed by atoms with Crippen molar-refractivity contribution in [3.63, 3.8) is 0 Å². The number of hydrogen-bond donors (Lipinski definition) is 1. The van der Waals surface area contributed by atoms with Gasteiger partial charge in [0.1, 0.15) is 5.54 Å². The molecule has 0 aliphatic carbocycles. The average Bonchev–Trinajstić information content (AvgIpc) is 3.17. The molecule has 1 N–H and O–H groups in total. The van der Waals surface area contributed by atoms with E-state index in [1.54, 1.807) is 30.9 Å². The van der Waals surface area contributed by atoms with Gasteiger partial charge in [-0.15, -0.1) is 0 Å². The lowest BCUT2D eigenvalue weighted by atomic mass is 10.1. The van der Waals surface area contributed by atoms with Crippen LogP contribution in [0.15, 0.2) is 22.8 Å². The van der Waals surface area contributed by atoms with E-state index < -0.39 is 5.54 Å². The monoisotopic (exact) mass is 348 g/mol. The summed E-state index contributed by atoms with van der Waals surface area (Å²) in [4.78, 5) is 41.5. The van der Waals surface area contributed by atoms with Crippen LogP contribution in [0.3, 0.4) is 0 Å². The van der Waals surface area contributed by atoms with Gasteiger partial charge in [0, 0.05) is 32.7 Å². The third-order valence-electron chi connectivity index (χ3n) is 4.69. The number of carbonyl (C=O) groups excluding carboxylic acids is 3. The zero-order chi connectivity index (χ0) is 18.0. The molecule has 0 bridgehead atoms. The lowest BCUT2D eigenvalue weighted by Gasteiger charge is -2.34. The average molecular weight is 348 g/mol. The van der Waals surface area contributed by atoms with Crippen LogP contribution in [0.25, 0.3) is 0 Å². The highest BCUT2D eigenvalue weighted by atomic mass is 16.3. The van der Waals surface area contributed by atoms with E-state index in [4.69, 9.17) is 4.42 Å². The van der Waals surface area contributed by atoms with E-state index >= 15 is 0 Å². The Morgan fingerprint density at radius 3 is 2.48 bits per heavy atom. The van der Waals surface area contributed by atoms with Gasteiger partial charge in [0.15, 0.2) is 5.76 Å².